The maximum Gasteiger partial charge on any atom is 0.302 e. The van der Waals surface area contributed by atoms with Gasteiger partial charge in [-0.05, 0) is 12.1 Å². The van der Waals surface area contributed by atoms with Crippen molar-refractivity contribution in [3.63, 3.8) is 0 Å². The van der Waals surface area contributed by atoms with Gasteiger partial charge in [0.2, 0.25) is 0 Å². The minimum atomic E-state index is -1.90. The average molecular weight is 322 g/mol. The fraction of sp³-hybridized carbons (Fsp3) is 0.312. The van der Waals surface area contributed by atoms with Gasteiger partial charge in [0.05, 0.1) is 0 Å². The molecule has 7 heteroatoms. The molecule has 23 heavy (non-hydrogen) atoms. The summed E-state index contributed by atoms with van der Waals surface area (Å²) in [4.78, 5) is 18.9. The Morgan fingerprint density at radius 3 is 2.70 bits per heavy atom. The predicted octanol–water partition coefficient (Wildman–Crippen LogP) is 2.31. The van der Waals surface area contributed by atoms with Gasteiger partial charge in [0.15, 0.2) is 0 Å². The lowest BCUT2D eigenvalue weighted by molar-refractivity contribution is -0.151. The summed E-state index contributed by atoms with van der Waals surface area (Å²) in [6.45, 7) is 2.29. The van der Waals surface area contributed by atoms with E-state index in [4.69, 9.17) is 4.74 Å². The Morgan fingerprint density at radius 2 is 2.13 bits per heavy atom. The van der Waals surface area contributed by atoms with Crippen molar-refractivity contribution in [1.29, 1.82) is 0 Å². The third-order valence-corrected chi connectivity index (χ3v) is 3.66. The second kappa shape index (κ2) is 6.78. The number of carbonyl (C=O) groups excluding carboxylic acids is 1. The molecule has 0 radical (unpaired) electrons. The maximum absolute atomic E-state index is 14.2. The first kappa shape index (κ1) is 17.0. The molecule has 1 N–H and O–H groups in total. The summed E-state index contributed by atoms with van der Waals surface area (Å²) in [6, 6.07) is 4.39. The first-order valence-corrected chi connectivity index (χ1v) is 6.91. The molecule has 0 unspecified atom stereocenters. The summed E-state index contributed by atoms with van der Waals surface area (Å²) in [5, 5.41) is 11.0. The van der Waals surface area contributed by atoms with Crippen LogP contribution in [-0.4, -0.2) is 27.7 Å². The number of aliphatic hydroxyl groups is 1. The summed E-state index contributed by atoms with van der Waals surface area (Å²) >= 11 is 0. The Bertz CT molecular complexity index is 697. The second-order valence-corrected chi connectivity index (χ2v) is 5.18. The van der Waals surface area contributed by atoms with Crippen LogP contribution < -0.4 is 0 Å². The van der Waals surface area contributed by atoms with Crippen molar-refractivity contribution in [2.24, 2.45) is 0 Å². The molecule has 0 aliphatic carbocycles. The van der Waals surface area contributed by atoms with Crippen LogP contribution in [0.4, 0.5) is 8.78 Å². The fourth-order valence-corrected chi connectivity index (χ4v) is 2.29. The van der Waals surface area contributed by atoms with Crippen molar-refractivity contribution >= 4 is 5.97 Å². The lowest BCUT2D eigenvalue weighted by Gasteiger charge is -2.33. The number of benzene rings is 1. The Labute approximate surface area is 132 Å². The van der Waals surface area contributed by atoms with Gasteiger partial charge in [-0.25, -0.2) is 18.7 Å². The molecule has 122 valence electrons. The highest BCUT2D eigenvalue weighted by molar-refractivity contribution is 5.66. The molecule has 2 rings (SSSR count). The van der Waals surface area contributed by atoms with E-state index >= 15 is 0 Å². The molecule has 5 nitrogen and oxygen atoms in total. The van der Waals surface area contributed by atoms with E-state index in [1.165, 1.54) is 19.4 Å². The quantitative estimate of drug-likeness (QED) is 0.855. The maximum atomic E-state index is 14.2. The van der Waals surface area contributed by atoms with Crippen LogP contribution in [0.5, 0.6) is 0 Å². The molecule has 0 aliphatic heterocycles. The molecule has 2 aromatic rings. The third-order valence-electron chi connectivity index (χ3n) is 3.66. The van der Waals surface area contributed by atoms with E-state index in [1.807, 2.05) is 0 Å². The normalized spacial score (nSPS) is 14.8. The van der Waals surface area contributed by atoms with Gasteiger partial charge in [0.25, 0.3) is 0 Å². The van der Waals surface area contributed by atoms with Crippen molar-refractivity contribution in [3.05, 3.63) is 59.7 Å². The van der Waals surface area contributed by atoms with E-state index in [0.29, 0.717) is 11.8 Å². The SMILES string of the molecule is CC(=O)OC[C@@](O)(c1ccc(F)cc1F)[C@H](C)c1ccncn1. The number of halogens is 2. The molecular formula is C16H16F2N2O3. The molecule has 0 fully saturated rings. The lowest BCUT2D eigenvalue weighted by Crippen LogP contribution is -2.39. The zero-order valence-corrected chi connectivity index (χ0v) is 12.7. The first-order chi connectivity index (χ1) is 10.8. The molecule has 0 saturated heterocycles. The van der Waals surface area contributed by atoms with E-state index in [9.17, 15) is 18.7 Å². The van der Waals surface area contributed by atoms with Crippen LogP contribution >= 0.6 is 0 Å². The molecule has 2 atom stereocenters. The standard InChI is InChI=1S/C16H16F2N2O3/c1-10(15-5-6-19-9-20-15)16(22,8-23-11(2)21)13-4-3-12(17)7-14(13)18/h3-7,9-10,22H,8H2,1-2H3/t10-,16+/m1/s1. The number of carbonyl (C=O) groups is 1. The van der Waals surface area contributed by atoms with E-state index < -0.39 is 35.7 Å². The third kappa shape index (κ3) is 3.68. The Hall–Kier alpha value is -2.41. The monoisotopic (exact) mass is 322 g/mol. The second-order valence-electron chi connectivity index (χ2n) is 5.18. The molecule has 0 saturated carbocycles. The van der Waals surface area contributed by atoms with Crippen LogP contribution in [0.15, 0.2) is 36.8 Å². The van der Waals surface area contributed by atoms with Crippen molar-refractivity contribution < 1.29 is 23.4 Å². The minimum absolute atomic E-state index is 0.175. The molecule has 1 heterocycles. The lowest BCUT2D eigenvalue weighted by atomic mass is 9.80. The topological polar surface area (TPSA) is 72.3 Å². The summed E-state index contributed by atoms with van der Waals surface area (Å²) in [5.41, 5.74) is -1.65. The van der Waals surface area contributed by atoms with E-state index in [0.717, 1.165) is 12.1 Å². The number of rotatable bonds is 5. The van der Waals surface area contributed by atoms with Gasteiger partial charge < -0.3 is 9.84 Å². The largest absolute Gasteiger partial charge is 0.462 e. The van der Waals surface area contributed by atoms with Gasteiger partial charge in [-0.2, -0.15) is 0 Å². The highest BCUT2D eigenvalue weighted by Gasteiger charge is 2.41. The summed E-state index contributed by atoms with van der Waals surface area (Å²) in [6.07, 6.45) is 2.77. The van der Waals surface area contributed by atoms with Gasteiger partial charge in [-0.15, -0.1) is 0 Å². The van der Waals surface area contributed by atoms with Crippen molar-refractivity contribution in [2.45, 2.75) is 25.4 Å². The van der Waals surface area contributed by atoms with Crippen LogP contribution in [0.2, 0.25) is 0 Å². The van der Waals surface area contributed by atoms with Crippen LogP contribution in [0.25, 0.3) is 0 Å². The average Bonchev–Trinajstić information content (AvgIpc) is 2.52. The Morgan fingerprint density at radius 1 is 1.39 bits per heavy atom. The number of nitrogens with zero attached hydrogens (tertiary/aromatic N) is 2. The summed E-state index contributed by atoms with van der Waals surface area (Å²) in [7, 11) is 0. The highest BCUT2D eigenvalue weighted by Crippen LogP contribution is 2.37. The number of ether oxygens (including phenoxy) is 1. The molecule has 0 bridgehead atoms. The summed E-state index contributed by atoms with van der Waals surface area (Å²) in [5.74, 6) is -3.05. The van der Waals surface area contributed by atoms with Gasteiger partial charge in [0, 0.05) is 36.4 Å². The number of hydrogen-bond acceptors (Lipinski definition) is 5. The number of aromatic nitrogens is 2. The highest BCUT2D eigenvalue weighted by atomic mass is 19.1. The number of hydrogen-bond donors (Lipinski definition) is 1. The molecule has 0 amide bonds. The van der Waals surface area contributed by atoms with Gasteiger partial charge in [-0.1, -0.05) is 13.0 Å². The van der Waals surface area contributed by atoms with Crippen LogP contribution in [0, 0.1) is 11.6 Å². The molecule has 0 spiro atoms. The molecular weight excluding hydrogens is 306 g/mol. The van der Waals surface area contributed by atoms with Crippen LogP contribution in [-0.2, 0) is 15.1 Å². The van der Waals surface area contributed by atoms with E-state index in [-0.39, 0.29) is 5.56 Å². The zero-order chi connectivity index (χ0) is 17.0. The van der Waals surface area contributed by atoms with Crippen molar-refractivity contribution in [1.82, 2.24) is 9.97 Å². The molecule has 0 aliphatic rings. The zero-order valence-electron chi connectivity index (χ0n) is 12.7. The minimum Gasteiger partial charge on any atom is -0.462 e. The Balaban J connectivity index is 2.49. The summed E-state index contributed by atoms with van der Waals surface area (Å²) < 4.78 is 32.2. The van der Waals surface area contributed by atoms with Crippen molar-refractivity contribution in [3.8, 4) is 0 Å². The fourth-order valence-electron chi connectivity index (χ4n) is 2.29. The first-order valence-electron chi connectivity index (χ1n) is 6.91. The van der Waals surface area contributed by atoms with Crippen LogP contribution in [0.3, 0.4) is 0 Å². The van der Waals surface area contributed by atoms with E-state index in [2.05, 4.69) is 9.97 Å². The Kier molecular flexibility index (Phi) is 5.00. The van der Waals surface area contributed by atoms with Crippen LogP contribution in [0.1, 0.15) is 31.0 Å². The van der Waals surface area contributed by atoms with Gasteiger partial charge >= 0.3 is 5.97 Å². The molecule has 1 aromatic carbocycles. The predicted molar refractivity (Wildman–Crippen MR) is 77.3 cm³/mol. The van der Waals surface area contributed by atoms with Crippen molar-refractivity contribution in [2.75, 3.05) is 6.61 Å². The van der Waals surface area contributed by atoms with E-state index in [1.54, 1.807) is 13.0 Å². The molecule has 1 aromatic heterocycles. The van der Waals surface area contributed by atoms with Gasteiger partial charge in [0.1, 0.15) is 30.2 Å². The van der Waals surface area contributed by atoms with Gasteiger partial charge in [-0.3, -0.25) is 4.79 Å². The number of esters is 1. The smallest absolute Gasteiger partial charge is 0.302 e.